The van der Waals surface area contributed by atoms with Crippen LogP contribution in [0.4, 0.5) is 0 Å². The van der Waals surface area contributed by atoms with Gasteiger partial charge < -0.3 is 5.32 Å². The van der Waals surface area contributed by atoms with Gasteiger partial charge in [0.15, 0.2) is 5.17 Å². The summed E-state index contributed by atoms with van der Waals surface area (Å²) in [5.74, 6) is 1.90. The van der Waals surface area contributed by atoms with E-state index >= 15 is 0 Å². The summed E-state index contributed by atoms with van der Waals surface area (Å²) in [7, 11) is 1.88. The second-order valence-electron chi connectivity index (χ2n) is 5.39. The van der Waals surface area contributed by atoms with Crippen LogP contribution in [0.25, 0.3) is 0 Å². The van der Waals surface area contributed by atoms with E-state index in [0.717, 1.165) is 5.17 Å². The zero-order valence-electron chi connectivity index (χ0n) is 11.2. The zero-order chi connectivity index (χ0) is 13.3. The van der Waals surface area contributed by atoms with Gasteiger partial charge >= 0.3 is 0 Å². The molecule has 1 aliphatic heterocycles. The Balaban J connectivity index is 2.04. The molecule has 2 unspecified atom stereocenters. The molecule has 1 saturated heterocycles. The van der Waals surface area contributed by atoms with Crippen molar-refractivity contribution < 1.29 is 0 Å². The molecule has 2 aliphatic rings. The standard InChI is InChI=1S/C15H19BrN2S/c1-17-14-18-15(11-6-4-7-13(16)9-11)8-3-2-5-12(15)10-19-14/h4,6-7,9,12H,2-3,5,8,10H2,1H3,(H,17,18). The van der Waals surface area contributed by atoms with Gasteiger partial charge in [0.1, 0.15) is 0 Å². The van der Waals surface area contributed by atoms with E-state index in [1.165, 1.54) is 41.5 Å². The Hall–Kier alpha value is -0.480. The maximum absolute atomic E-state index is 4.39. The predicted molar refractivity (Wildman–Crippen MR) is 86.7 cm³/mol. The van der Waals surface area contributed by atoms with Gasteiger partial charge in [-0.25, -0.2) is 0 Å². The van der Waals surface area contributed by atoms with Crippen LogP contribution in [0.15, 0.2) is 33.7 Å². The van der Waals surface area contributed by atoms with Crippen molar-refractivity contribution in [1.29, 1.82) is 0 Å². The van der Waals surface area contributed by atoms with Crippen molar-refractivity contribution in [2.75, 3.05) is 12.8 Å². The Morgan fingerprint density at radius 3 is 3.11 bits per heavy atom. The van der Waals surface area contributed by atoms with Crippen molar-refractivity contribution >= 4 is 32.9 Å². The summed E-state index contributed by atoms with van der Waals surface area (Å²) < 4.78 is 1.17. The average molecular weight is 339 g/mol. The van der Waals surface area contributed by atoms with Crippen LogP contribution in [0, 0.1) is 5.92 Å². The van der Waals surface area contributed by atoms with Gasteiger partial charge in [0.25, 0.3) is 0 Å². The van der Waals surface area contributed by atoms with Crippen LogP contribution < -0.4 is 5.32 Å². The molecule has 2 nitrogen and oxygen atoms in total. The van der Waals surface area contributed by atoms with E-state index in [1.807, 2.05) is 18.8 Å². The normalized spacial score (nSPS) is 32.7. The van der Waals surface area contributed by atoms with Crippen LogP contribution in [0.3, 0.4) is 0 Å². The highest BCUT2D eigenvalue weighted by Crippen LogP contribution is 2.46. The number of aliphatic imine (C=N–C) groups is 1. The summed E-state index contributed by atoms with van der Waals surface area (Å²) in [5.41, 5.74) is 1.51. The molecule has 1 aromatic rings. The van der Waals surface area contributed by atoms with Gasteiger partial charge in [-0.05, 0) is 36.5 Å². The monoisotopic (exact) mass is 338 g/mol. The lowest BCUT2D eigenvalue weighted by Crippen LogP contribution is -2.56. The predicted octanol–water partition coefficient (Wildman–Crippen LogP) is 4.16. The number of thioether (sulfide) groups is 1. The molecule has 0 aromatic heterocycles. The van der Waals surface area contributed by atoms with Gasteiger partial charge in [-0.15, -0.1) is 0 Å². The van der Waals surface area contributed by atoms with Crippen molar-refractivity contribution in [3.63, 3.8) is 0 Å². The molecule has 1 heterocycles. The van der Waals surface area contributed by atoms with Crippen molar-refractivity contribution in [3.8, 4) is 0 Å². The van der Waals surface area contributed by atoms with Crippen LogP contribution >= 0.6 is 27.7 Å². The summed E-state index contributed by atoms with van der Waals surface area (Å²) in [4.78, 5) is 4.39. The zero-order valence-corrected chi connectivity index (χ0v) is 13.6. The number of amidine groups is 1. The molecule has 0 amide bonds. The number of halogens is 1. The minimum atomic E-state index is 0.0993. The molecule has 0 spiro atoms. The highest BCUT2D eigenvalue weighted by Gasteiger charge is 2.45. The van der Waals surface area contributed by atoms with Crippen LogP contribution in [-0.2, 0) is 5.54 Å². The minimum absolute atomic E-state index is 0.0993. The van der Waals surface area contributed by atoms with E-state index in [-0.39, 0.29) is 5.54 Å². The Morgan fingerprint density at radius 1 is 1.42 bits per heavy atom. The number of benzene rings is 1. The number of rotatable bonds is 1. The molecule has 0 bridgehead atoms. The van der Waals surface area contributed by atoms with Crippen LogP contribution in [0.2, 0.25) is 0 Å². The molecule has 3 rings (SSSR count). The van der Waals surface area contributed by atoms with E-state index < -0.39 is 0 Å². The summed E-state index contributed by atoms with van der Waals surface area (Å²) in [6, 6.07) is 8.78. The first-order valence-electron chi connectivity index (χ1n) is 6.88. The van der Waals surface area contributed by atoms with Gasteiger partial charge in [0.2, 0.25) is 0 Å². The van der Waals surface area contributed by atoms with Crippen LogP contribution in [-0.4, -0.2) is 18.0 Å². The van der Waals surface area contributed by atoms with Crippen molar-refractivity contribution in [1.82, 2.24) is 5.32 Å². The van der Waals surface area contributed by atoms with Crippen molar-refractivity contribution in [3.05, 3.63) is 34.3 Å². The van der Waals surface area contributed by atoms with Crippen LogP contribution in [0.1, 0.15) is 31.2 Å². The maximum atomic E-state index is 4.39. The second-order valence-corrected chi connectivity index (χ2v) is 7.31. The third-order valence-corrected chi connectivity index (χ3v) is 5.99. The number of hydrogen-bond donors (Lipinski definition) is 1. The second kappa shape index (κ2) is 5.49. The van der Waals surface area contributed by atoms with E-state index in [1.54, 1.807) is 0 Å². The smallest absolute Gasteiger partial charge is 0.156 e. The first-order chi connectivity index (χ1) is 9.24. The topological polar surface area (TPSA) is 24.4 Å². The van der Waals surface area contributed by atoms with Gasteiger partial charge in [-0.3, -0.25) is 4.99 Å². The van der Waals surface area contributed by atoms with E-state index in [9.17, 15) is 0 Å². The SMILES string of the molecule is CN=C1NC2(c3cccc(Br)c3)CCCCC2CS1. The van der Waals surface area contributed by atoms with Gasteiger partial charge in [0, 0.05) is 17.3 Å². The lowest BCUT2D eigenvalue weighted by molar-refractivity contribution is 0.182. The highest BCUT2D eigenvalue weighted by molar-refractivity contribution is 9.10. The summed E-state index contributed by atoms with van der Waals surface area (Å²) >= 11 is 5.48. The molecule has 1 aromatic carbocycles. The third kappa shape index (κ3) is 2.45. The number of hydrogen-bond acceptors (Lipinski definition) is 2. The fourth-order valence-electron chi connectivity index (χ4n) is 3.38. The molecular weight excluding hydrogens is 320 g/mol. The number of nitrogens with one attached hydrogen (secondary N) is 1. The molecule has 1 saturated carbocycles. The molecule has 2 fully saturated rings. The molecule has 0 radical (unpaired) electrons. The first-order valence-corrected chi connectivity index (χ1v) is 8.66. The van der Waals surface area contributed by atoms with E-state index in [0.29, 0.717) is 5.92 Å². The first kappa shape index (κ1) is 13.5. The van der Waals surface area contributed by atoms with Gasteiger partial charge in [-0.2, -0.15) is 0 Å². The molecule has 1 N–H and O–H groups in total. The lowest BCUT2D eigenvalue weighted by atomic mass is 9.69. The van der Waals surface area contributed by atoms with Gasteiger partial charge in [-0.1, -0.05) is 52.7 Å². The van der Waals surface area contributed by atoms with Gasteiger partial charge in [0.05, 0.1) is 5.54 Å². The minimum Gasteiger partial charge on any atom is -0.355 e. The Kier molecular flexibility index (Phi) is 3.90. The highest BCUT2D eigenvalue weighted by atomic mass is 79.9. The van der Waals surface area contributed by atoms with Crippen molar-refractivity contribution in [2.24, 2.45) is 10.9 Å². The maximum Gasteiger partial charge on any atom is 0.156 e. The largest absolute Gasteiger partial charge is 0.355 e. The Morgan fingerprint density at radius 2 is 2.32 bits per heavy atom. The summed E-state index contributed by atoms with van der Waals surface area (Å²) in [6.07, 6.45) is 5.20. The van der Waals surface area contributed by atoms with E-state index in [2.05, 4.69) is 50.5 Å². The molecule has 2 atom stereocenters. The molecule has 4 heteroatoms. The van der Waals surface area contributed by atoms with Crippen LogP contribution in [0.5, 0.6) is 0 Å². The number of nitrogens with zero attached hydrogens (tertiary/aromatic N) is 1. The Bertz CT molecular complexity index is 503. The summed E-state index contributed by atoms with van der Waals surface area (Å²) in [6.45, 7) is 0. The lowest BCUT2D eigenvalue weighted by Gasteiger charge is -2.49. The molecule has 19 heavy (non-hydrogen) atoms. The quantitative estimate of drug-likeness (QED) is 0.831. The third-order valence-electron chi connectivity index (χ3n) is 4.36. The fraction of sp³-hybridized carbons (Fsp3) is 0.533. The van der Waals surface area contributed by atoms with Crippen molar-refractivity contribution in [2.45, 2.75) is 31.2 Å². The molecular formula is C15H19BrN2S. The Labute approximate surface area is 127 Å². The fourth-order valence-corrected chi connectivity index (χ4v) is 4.97. The number of fused-ring (bicyclic) bond motifs is 1. The summed E-state index contributed by atoms with van der Waals surface area (Å²) in [5, 5.41) is 4.85. The molecule has 1 aliphatic carbocycles. The molecule has 102 valence electrons. The van der Waals surface area contributed by atoms with E-state index in [4.69, 9.17) is 0 Å². The average Bonchev–Trinajstić information content (AvgIpc) is 2.46.